The van der Waals surface area contributed by atoms with Gasteiger partial charge in [0.15, 0.2) is 0 Å². The van der Waals surface area contributed by atoms with Gasteiger partial charge in [-0.3, -0.25) is 9.59 Å². The SMILES string of the molecule is CN[C@@H](C)CN[C@H](C(=O)N1Cc2ccccc2[C@H]1C(=O)Nc1cccc2c1ccn2C)C(C)C. The predicted molar refractivity (Wildman–Crippen MR) is 136 cm³/mol. The molecule has 0 fully saturated rings. The van der Waals surface area contributed by atoms with Gasteiger partial charge in [0.05, 0.1) is 11.7 Å². The number of likely N-dealkylation sites (N-methyl/N-ethyl adjacent to an activating group) is 1. The first-order valence-electron chi connectivity index (χ1n) is 12.0. The molecule has 0 spiro atoms. The maximum absolute atomic E-state index is 13.8. The minimum atomic E-state index is -0.674. The number of carbonyl (C=O) groups is 2. The molecule has 4 rings (SSSR count). The van der Waals surface area contributed by atoms with Crippen molar-refractivity contribution < 1.29 is 9.59 Å². The second-order valence-corrected chi connectivity index (χ2v) is 9.54. The maximum Gasteiger partial charge on any atom is 0.251 e. The third-order valence-corrected chi connectivity index (χ3v) is 6.79. The second-order valence-electron chi connectivity index (χ2n) is 9.54. The molecule has 2 heterocycles. The van der Waals surface area contributed by atoms with Crippen molar-refractivity contribution in [3.8, 4) is 0 Å². The summed E-state index contributed by atoms with van der Waals surface area (Å²) in [7, 11) is 3.89. The van der Waals surface area contributed by atoms with Gasteiger partial charge in [-0.15, -0.1) is 0 Å². The number of anilines is 1. The molecular weight excluding hydrogens is 426 g/mol. The molecule has 0 saturated heterocycles. The number of amides is 2. The summed E-state index contributed by atoms with van der Waals surface area (Å²) in [4.78, 5) is 29.2. The van der Waals surface area contributed by atoms with Crippen molar-refractivity contribution in [2.45, 2.75) is 45.4 Å². The maximum atomic E-state index is 13.8. The molecule has 1 aliphatic heterocycles. The van der Waals surface area contributed by atoms with Crippen molar-refractivity contribution in [1.29, 1.82) is 0 Å². The first-order valence-corrected chi connectivity index (χ1v) is 12.0. The van der Waals surface area contributed by atoms with Gasteiger partial charge in [-0.25, -0.2) is 0 Å². The Hall–Kier alpha value is -3.16. The minimum absolute atomic E-state index is 0.0485. The van der Waals surface area contributed by atoms with Crippen LogP contribution in [-0.4, -0.2) is 47.0 Å². The molecule has 0 saturated carbocycles. The van der Waals surface area contributed by atoms with E-state index >= 15 is 0 Å². The second kappa shape index (κ2) is 9.99. The van der Waals surface area contributed by atoms with Gasteiger partial charge >= 0.3 is 0 Å². The van der Waals surface area contributed by atoms with Gasteiger partial charge in [-0.2, -0.15) is 0 Å². The molecule has 0 unspecified atom stereocenters. The highest BCUT2D eigenvalue weighted by Crippen LogP contribution is 2.36. The Balaban J connectivity index is 1.63. The molecule has 34 heavy (non-hydrogen) atoms. The molecule has 180 valence electrons. The third-order valence-electron chi connectivity index (χ3n) is 6.79. The number of rotatable bonds is 8. The number of hydrogen-bond acceptors (Lipinski definition) is 4. The highest BCUT2D eigenvalue weighted by atomic mass is 16.2. The zero-order valence-electron chi connectivity index (χ0n) is 20.6. The summed E-state index contributed by atoms with van der Waals surface area (Å²) in [6.07, 6.45) is 1.98. The van der Waals surface area contributed by atoms with Crippen LogP contribution in [-0.2, 0) is 23.2 Å². The smallest absolute Gasteiger partial charge is 0.251 e. The van der Waals surface area contributed by atoms with Crippen molar-refractivity contribution >= 4 is 28.4 Å². The molecule has 1 aliphatic rings. The lowest BCUT2D eigenvalue weighted by molar-refractivity contribution is -0.141. The fourth-order valence-corrected chi connectivity index (χ4v) is 4.68. The standard InChI is InChI=1S/C27H35N5O2/c1-17(2)24(29-15-18(3)28-4)27(34)32-16-19-9-6-7-10-20(19)25(32)26(33)30-22-11-8-12-23-21(22)13-14-31(23)5/h6-14,17-18,24-25,28-29H,15-16H2,1-5H3,(H,30,33)/t18-,24-,25-/m0/s1. The zero-order chi connectivity index (χ0) is 24.4. The van der Waals surface area contributed by atoms with Crippen LogP contribution in [0, 0.1) is 5.92 Å². The number of aryl methyl sites for hydroxylation is 1. The summed E-state index contributed by atoms with van der Waals surface area (Å²) in [6.45, 7) is 7.23. The van der Waals surface area contributed by atoms with Gasteiger partial charge in [-0.05, 0) is 49.2 Å². The van der Waals surface area contributed by atoms with E-state index in [9.17, 15) is 9.59 Å². The molecule has 3 N–H and O–H groups in total. The van der Waals surface area contributed by atoms with Crippen LogP contribution >= 0.6 is 0 Å². The highest BCUT2D eigenvalue weighted by molar-refractivity contribution is 6.05. The van der Waals surface area contributed by atoms with E-state index in [-0.39, 0.29) is 29.8 Å². The highest BCUT2D eigenvalue weighted by Gasteiger charge is 2.41. The first kappa shape index (κ1) is 24.0. The number of nitrogens with zero attached hydrogens (tertiary/aromatic N) is 2. The third kappa shape index (κ3) is 4.58. The normalized spacial score (nSPS) is 17.1. The van der Waals surface area contributed by atoms with Crippen LogP contribution in [0.4, 0.5) is 5.69 Å². The predicted octanol–water partition coefficient (Wildman–Crippen LogP) is 3.42. The topological polar surface area (TPSA) is 78.4 Å². The lowest BCUT2D eigenvalue weighted by Gasteiger charge is -2.31. The Morgan fingerprint density at radius 1 is 1.06 bits per heavy atom. The Morgan fingerprint density at radius 2 is 1.82 bits per heavy atom. The van der Waals surface area contributed by atoms with E-state index in [4.69, 9.17) is 0 Å². The number of hydrogen-bond donors (Lipinski definition) is 3. The zero-order valence-corrected chi connectivity index (χ0v) is 20.6. The summed E-state index contributed by atoms with van der Waals surface area (Å²) in [5, 5.41) is 10.7. The van der Waals surface area contributed by atoms with Gasteiger partial charge < -0.3 is 25.4 Å². The van der Waals surface area contributed by atoms with Crippen LogP contribution in [0.25, 0.3) is 10.9 Å². The summed E-state index contributed by atoms with van der Waals surface area (Å²) >= 11 is 0. The Morgan fingerprint density at radius 3 is 2.56 bits per heavy atom. The number of aromatic nitrogens is 1. The largest absolute Gasteiger partial charge is 0.350 e. The van der Waals surface area contributed by atoms with Crippen LogP contribution in [0.3, 0.4) is 0 Å². The summed E-state index contributed by atoms with van der Waals surface area (Å²) in [5.41, 5.74) is 3.70. The average molecular weight is 462 g/mol. The molecule has 1 aromatic heterocycles. The molecule has 0 bridgehead atoms. The quantitative estimate of drug-likeness (QED) is 0.480. The molecule has 7 heteroatoms. The molecule has 7 nitrogen and oxygen atoms in total. The van der Waals surface area contributed by atoms with Gasteiger partial charge in [0, 0.05) is 43.3 Å². The van der Waals surface area contributed by atoms with E-state index in [1.807, 2.05) is 87.2 Å². The van der Waals surface area contributed by atoms with E-state index in [1.54, 1.807) is 4.90 Å². The van der Waals surface area contributed by atoms with E-state index in [2.05, 4.69) is 22.9 Å². The van der Waals surface area contributed by atoms with Crippen LogP contribution < -0.4 is 16.0 Å². The van der Waals surface area contributed by atoms with E-state index in [0.717, 1.165) is 27.7 Å². The average Bonchev–Trinajstić information content (AvgIpc) is 3.40. The number of nitrogens with one attached hydrogen (secondary N) is 3. The van der Waals surface area contributed by atoms with Crippen molar-refractivity contribution in [3.05, 3.63) is 65.9 Å². The van der Waals surface area contributed by atoms with Crippen molar-refractivity contribution in [2.75, 3.05) is 18.9 Å². The lowest BCUT2D eigenvalue weighted by Crippen LogP contribution is -2.52. The number of benzene rings is 2. The first-order chi connectivity index (χ1) is 16.3. The number of fused-ring (bicyclic) bond motifs is 2. The van der Waals surface area contributed by atoms with E-state index in [1.165, 1.54) is 0 Å². The Labute approximate surface area is 201 Å². The molecule has 0 radical (unpaired) electrons. The van der Waals surface area contributed by atoms with Crippen LogP contribution in [0.5, 0.6) is 0 Å². The van der Waals surface area contributed by atoms with Crippen LogP contribution in [0.2, 0.25) is 0 Å². The van der Waals surface area contributed by atoms with Gasteiger partial charge in [0.25, 0.3) is 5.91 Å². The molecule has 3 atom stereocenters. The molecular formula is C27H35N5O2. The lowest BCUT2D eigenvalue weighted by atomic mass is 10.0. The van der Waals surface area contributed by atoms with Crippen molar-refractivity contribution in [3.63, 3.8) is 0 Å². The fraction of sp³-hybridized carbons (Fsp3) is 0.407. The monoisotopic (exact) mass is 461 g/mol. The summed E-state index contributed by atoms with van der Waals surface area (Å²) in [6, 6.07) is 14.9. The number of carbonyl (C=O) groups excluding carboxylic acids is 2. The summed E-state index contributed by atoms with van der Waals surface area (Å²) in [5.74, 6) is -0.157. The fourth-order valence-electron chi connectivity index (χ4n) is 4.68. The van der Waals surface area contributed by atoms with Gasteiger partial charge in [0.1, 0.15) is 6.04 Å². The van der Waals surface area contributed by atoms with Crippen molar-refractivity contribution in [2.24, 2.45) is 13.0 Å². The molecule has 0 aliphatic carbocycles. The van der Waals surface area contributed by atoms with Crippen molar-refractivity contribution in [1.82, 2.24) is 20.1 Å². The van der Waals surface area contributed by atoms with E-state index < -0.39 is 6.04 Å². The van der Waals surface area contributed by atoms with Crippen LogP contribution in [0.1, 0.15) is 37.9 Å². The van der Waals surface area contributed by atoms with Gasteiger partial charge in [-0.1, -0.05) is 44.2 Å². The Bertz CT molecular complexity index is 1180. The molecule has 2 amide bonds. The molecule has 2 aromatic carbocycles. The Kier molecular flexibility index (Phi) is 7.05. The van der Waals surface area contributed by atoms with Gasteiger partial charge in [0.2, 0.25) is 5.91 Å². The summed E-state index contributed by atoms with van der Waals surface area (Å²) < 4.78 is 2.02. The molecule has 3 aromatic rings. The minimum Gasteiger partial charge on any atom is -0.350 e. The van der Waals surface area contributed by atoms with Crippen LogP contribution in [0.15, 0.2) is 54.7 Å². The van der Waals surface area contributed by atoms with E-state index in [0.29, 0.717) is 13.1 Å².